The van der Waals surface area contributed by atoms with Crippen LogP contribution in [-0.2, 0) is 11.2 Å². The fraction of sp³-hybridized carbons (Fsp3) is 0.400. The molecule has 6 nitrogen and oxygen atoms in total. The highest BCUT2D eigenvalue weighted by Gasteiger charge is 2.25. The predicted molar refractivity (Wildman–Crippen MR) is 78.1 cm³/mol. The van der Waals surface area contributed by atoms with Crippen LogP contribution in [0.1, 0.15) is 29.0 Å². The molecular weight excluding hydrogens is 287 g/mol. The van der Waals surface area contributed by atoms with Gasteiger partial charge in [0.15, 0.2) is 0 Å². The number of fused-ring (bicyclic) bond motifs is 1. The number of alkyl halides is 1. The van der Waals surface area contributed by atoms with Gasteiger partial charge in [0, 0.05) is 25.0 Å². The third-order valence-electron chi connectivity index (χ3n) is 3.86. The topological polar surface area (TPSA) is 80.7 Å². The summed E-state index contributed by atoms with van der Waals surface area (Å²) in [7, 11) is 0. The summed E-state index contributed by atoms with van der Waals surface area (Å²) in [5, 5.41) is 0. The normalized spacial score (nSPS) is 16.1. The summed E-state index contributed by atoms with van der Waals surface area (Å²) < 4.78 is 14.9. The van der Waals surface area contributed by atoms with Crippen LogP contribution >= 0.6 is 0 Å². The van der Waals surface area contributed by atoms with Gasteiger partial charge in [-0.1, -0.05) is 6.07 Å². The van der Waals surface area contributed by atoms with Crippen LogP contribution in [0.2, 0.25) is 0 Å². The number of carbonyl (C=O) groups excluding carboxylic acids is 2. The third kappa shape index (κ3) is 2.79. The zero-order valence-electron chi connectivity index (χ0n) is 12.0. The summed E-state index contributed by atoms with van der Waals surface area (Å²) in [5.74, 6) is -0.653. The van der Waals surface area contributed by atoms with E-state index in [4.69, 9.17) is 5.73 Å². The lowest BCUT2D eigenvalue weighted by Gasteiger charge is -2.27. The smallest absolute Gasteiger partial charge is 0.274 e. The molecule has 0 atom stereocenters. The first-order valence-electron chi connectivity index (χ1n) is 7.23. The maximum atomic E-state index is 13.2. The van der Waals surface area contributed by atoms with Crippen LogP contribution in [0.3, 0.4) is 0 Å². The van der Waals surface area contributed by atoms with Crippen LogP contribution in [0.15, 0.2) is 24.4 Å². The number of aromatic nitrogens is 2. The number of rotatable bonds is 3. The lowest BCUT2D eigenvalue weighted by molar-refractivity contribution is -0.117. The van der Waals surface area contributed by atoms with Crippen molar-refractivity contribution in [2.75, 3.05) is 13.1 Å². The van der Waals surface area contributed by atoms with Crippen molar-refractivity contribution in [1.29, 1.82) is 0 Å². The second kappa shape index (κ2) is 5.75. The number of carbonyl (C=O) groups is 2. The molecule has 7 heteroatoms. The summed E-state index contributed by atoms with van der Waals surface area (Å²) >= 11 is 0. The standard InChI is InChI=1S/C15H17FN4O2/c16-10-4-6-19(7-5-10)15(22)12-9-20-11(8-13(17)21)2-1-3-14(20)18-12/h1-3,9-10H,4-8H2,(H2,17,21). The lowest BCUT2D eigenvalue weighted by Crippen LogP contribution is -2.39. The Balaban J connectivity index is 1.88. The molecule has 1 aliphatic heterocycles. The predicted octanol–water partition coefficient (Wildman–Crippen LogP) is 0.936. The quantitative estimate of drug-likeness (QED) is 0.916. The van der Waals surface area contributed by atoms with Gasteiger partial charge >= 0.3 is 0 Å². The van der Waals surface area contributed by atoms with E-state index in [-0.39, 0.29) is 12.3 Å². The van der Waals surface area contributed by atoms with Crippen molar-refractivity contribution in [3.8, 4) is 0 Å². The van der Waals surface area contributed by atoms with Crippen LogP contribution < -0.4 is 5.73 Å². The van der Waals surface area contributed by atoms with Crippen molar-refractivity contribution in [3.05, 3.63) is 35.8 Å². The molecule has 1 aliphatic rings. The van der Waals surface area contributed by atoms with E-state index in [9.17, 15) is 14.0 Å². The number of nitrogens with zero attached hydrogens (tertiary/aromatic N) is 3. The summed E-state index contributed by atoms with van der Waals surface area (Å²) in [6.07, 6.45) is 1.59. The molecule has 116 valence electrons. The van der Waals surface area contributed by atoms with Crippen molar-refractivity contribution in [1.82, 2.24) is 14.3 Å². The lowest BCUT2D eigenvalue weighted by atomic mass is 10.1. The van der Waals surface area contributed by atoms with Crippen molar-refractivity contribution >= 4 is 17.5 Å². The molecule has 0 aliphatic carbocycles. The molecule has 0 aromatic carbocycles. The van der Waals surface area contributed by atoms with E-state index < -0.39 is 12.1 Å². The molecule has 2 aromatic rings. The number of primary amides is 1. The Labute approximate surface area is 126 Å². The zero-order valence-corrected chi connectivity index (χ0v) is 12.0. The maximum absolute atomic E-state index is 13.2. The van der Waals surface area contributed by atoms with Gasteiger partial charge in [0.25, 0.3) is 5.91 Å². The molecule has 2 amide bonds. The average molecular weight is 304 g/mol. The number of imidazole rings is 1. The van der Waals surface area contributed by atoms with Gasteiger partial charge in [-0.05, 0) is 25.0 Å². The maximum Gasteiger partial charge on any atom is 0.274 e. The van der Waals surface area contributed by atoms with Crippen LogP contribution in [0.5, 0.6) is 0 Å². The summed E-state index contributed by atoms with van der Waals surface area (Å²) in [5.41, 5.74) is 6.79. The molecule has 0 bridgehead atoms. The molecule has 1 saturated heterocycles. The van der Waals surface area contributed by atoms with Crippen molar-refractivity contribution in [3.63, 3.8) is 0 Å². The molecule has 2 N–H and O–H groups in total. The Bertz CT molecular complexity index is 719. The fourth-order valence-electron chi connectivity index (χ4n) is 2.71. The van der Waals surface area contributed by atoms with E-state index in [1.54, 1.807) is 33.7 Å². The highest BCUT2D eigenvalue weighted by atomic mass is 19.1. The van der Waals surface area contributed by atoms with Gasteiger partial charge in [-0.3, -0.25) is 9.59 Å². The van der Waals surface area contributed by atoms with Gasteiger partial charge in [-0.25, -0.2) is 9.37 Å². The van der Waals surface area contributed by atoms with Crippen molar-refractivity contribution in [2.45, 2.75) is 25.4 Å². The molecule has 0 radical (unpaired) electrons. The van der Waals surface area contributed by atoms with E-state index in [0.717, 1.165) is 0 Å². The Morgan fingerprint density at radius 1 is 1.32 bits per heavy atom. The monoisotopic (exact) mass is 304 g/mol. The second-order valence-electron chi connectivity index (χ2n) is 5.48. The number of hydrogen-bond acceptors (Lipinski definition) is 3. The fourth-order valence-corrected chi connectivity index (χ4v) is 2.71. The molecule has 22 heavy (non-hydrogen) atoms. The molecule has 0 unspecified atom stereocenters. The molecule has 1 fully saturated rings. The minimum absolute atomic E-state index is 0.0780. The second-order valence-corrected chi connectivity index (χ2v) is 5.48. The highest BCUT2D eigenvalue weighted by Crippen LogP contribution is 2.17. The highest BCUT2D eigenvalue weighted by molar-refractivity contribution is 5.93. The number of piperidine rings is 1. The zero-order chi connectivity index (χ0) is 15.7. The molecule has 0 saturated carbocycles. The van der Waals surface area contributed by atoms with Crippen LogP contribution in [-0.4, -0.2) is 45.4 Å². The molecule has 3 heterocycles. The molecule has 3 rings (SSSR count). The number of nitrogens with two attached hydrogens (primary N) is 1. The van der Waals surface area contributed by atoms with E-state index in [0.29, 0.717) is 43.0 Å². The van der Waals surface area contributed by atoms with Crippen molar-refractivity contribution in [2.24, 2.45) is 5.73 Å². The van der Waals surface area contributed by atoms with E-state index in [2.05, 4.69) is 4.98 Å². The Morgan fingerprint density at radius 3 is 2.73 bits per heavy atom. The Morgan fingerprint density at radius 2 is 2.05 bits per heavy atom. The molecular formula is C15H17FN4O2. The molecule has 2 aromatic heterocycles. The number of amides is 2. The minimum atomic E-state index is -0.827. The number of hydrogen-bond donors (Lipinski definition) is 1. The first kappa shape index (κ1) is 14.5. The summed E-state index contributed by atoms with van der Waals surface area (Å²) in [4.78, 5) is 29.5. The Kier molecular flexibility index (Phi) is 3.79. The van der Waals surface area contributed by atoms with Gasteiger partial charge in [-0.15, -0.1) is 0 Å². The van der Waals surface area contributed by atoms with E-state index in [1.165, 1.54) is 0 Å². The van der Waals surface area contributed by atoms with Crippen molar-refractivity contribution < 1.29 is 14.0 Å². The minimum Gasteiger partial charge on any atom is -0.369 e. The number of halogens is 1. The van der Waals surface area contributed by atoms with Crippen LogP contribution in [0.25, 0.3) is 5.65 Å². The summed E-state index contributed by atoms with van der Waals surface area (Å²) in [6, 6.07) is 5.29. The van der Waals surface area contributed by atoms with Gasteiger partial charge in [0.2, 0.25) is 5.91 Å². The van der Waals surface area contributed by atoms with Gasteiger partial charge < -0.3 is 15.0 Å². The van der Waals surface area contributed by atoms with Gasteiger partial charge in [0.05, 0.1) is 6.42 Å². The van der Waals surface area contributed by atoms with Crippen LogP contribution in [0.4, 0.5) is 4.39 Å². The van der Waals surface area contributed by atoms with E-state index in [1.807, 2.05) is 0 Å². The largest absolute Gasteiger partial charge is 0.369 e. The van der Waals surface area contributed by atoms with Crippen LogP contribution in [0, 0.1) is 0 Å². The first-order valence-corrected chi connectivity index (χ1v) is 7.23. The number of pyridine rings is 1. The average Bonchev–Trinajstić information content (AvgIpc) is 2.92. The van der Waals surface area contributed by atoms with Gasteiger partial charge in [-0.2, -0.15) is 0 Å². The SMILES string of the molecule is NC(=O)Cc1cccc2nc(C(=O)N3CCC(F)CC3)cn12. The first-order chi connectivity index (χ1) is 10.5. The Hall–Kier alpha value is -2.44. The third-order valence-corrected chi connectivity index (χ3v) is 3.86. The summed E-state index contributed by atoms with van der Waals surface area (Å²) in [6.45, 7) is 0.810. The molecule has 0 spiro atoms. The van der Waals surface area contributed by atoms with Gasteiger partial charge in [0.1, 0.15) is 17.5 Å². The van der Waals surface area contributed by atoms with E-state index >= 15 is 0 Å². The number of likely N-dealkylation sites (tertiary alicyclic amines) is 1.